The quantitative estimate of drug-likeness (QED) is 0.447. The highest BCUT2D eigenvalue weighted by Crippen LogP contribution is 2.15. The van der Waals surface area contributed by atoms with E-state index < -0.39 is 21.2 Å². The van der Waals surface area contributed by atoms with Gasteiger partial charge in [-0.25, -0.2) is 4.21 Å². The van der Waals surface area contributed by atoms with E-state index in [-0.39, 0.29) is 17.3 Å². The molecule has 0 spiro atoms. The molecule has 0 heterocycles. The maximum absolute atomic E-state index is 11.5. The lowest BCUT2D eigenvalue weighted by atomic mass is 10.3. The van der Waals surface area contributed by atoms with Gasteiger partial charge in [0, 0.05) is 5.69 Å². The Morgan fingerprint density at radius 3 is 2.69 bits per heavy atom. The summed E-state index contributed by atoms with van der Waals surface area (Å²) in [7, 11) is -3.90. The van der Waals surface area contributed by atoms with Gasteiger partial charge in [-0.15, -0.1) is 0 Å². The largest absolute Gasteiger partial charge is 0.399 e. The van der Waals surface area contributed by atoms with Crippen molar-refractivity contribution in [3.8, 4) is 0 Å². The van der Waals surface area contributed by atoms with Crippen molar-refractivity contribution in [2.24, 2.45) is 0 Å². The zero-order chi connectivity index (χ0) is 12.2. The molecule has 0 bridgehead atoms. The summed E-state index contributed by atoms with van der Waals surface area (Å²) in [6, 6.07) is 5.62. The molecule has 16 heavy (non-hydrogen) atoms. The molecule has 6 nitrogen and oxygen atoms in total. The van der Waals surface area contributed by atoms with Crippen LogP contribution in [0.4, 0.5) is 5.69 Å². The van der Waals surface area contributed by atoms with Crippen molar-refractivity contribution in [3.05, 3.63) is 24.3 Å². The SMILES string of the molecule is Nc1cccc(S(=O)(=O)OCCS(=O)O)c1. The summed E-state index contributed by atoms with van der Waals surface area (Å²) < 4.78 is 46.3. The molecule has 1 aromatic rings. The minimum Gasteiger partial charge on any atom is -0.399 e. The molecule has 1 rings (SSSR count). The summed E-state index contributed by atoms with van der Waals surface area (Å²) in [5.41, 5.74) is 5.72. The Labute approximate surface area is 95.8 Å². The Morgan fingerprint density at radius 1 is 1.44 bits per heavy atom. The molecule has 8 heteroatoms. The molecule has 90 valence electrons. The van der Waals surface area contributed by atoms with Crippen LogP contribution in [0.2, 0.25) is 0 Å². The monoisotopic (exact) mass is 265 g/mol. The third-order valence-corrected chi connectivity index (χ3v) is 3.47. The maximum atomic E-state index is 11.5. The highest BCUT2D eigenvalue weighted by Gasteiger charge is 2.15. The first-order valence-corrected chi connectivity index (χ1v) is 6.92. The second kappa shape index (κ2) is 5.39. The molecule has 0 aliphatic heterocycles. The number of benzene rings is 1. The molecular weight excluding hydrogens is 254 g/mol. The molecule has 0 saturated carbocycles. The van der Waals surface area contributed by atoms with Crippen LogP contribution < -0.4 is 5.73 Å². The molecule has 1 aromatic carbocycles. The normalized spacial score (nSPS) is 13.6. The van der Waals surface area contributed by atoms with Crippen LogP contribution in [0.15, 0.2) is 29.2 Å². The van der Waals surface area contributed by atoms with Crippen molar-refractivity contribution in [1.82, 2.24) is 0 Å². The van der Waals surface area contributed by atoms with E-state index in [0.717, 1.165) is 0 Å². The number of rotatable bonds is 5. The van der Waals surface area contributed by atoms with Gasteiger partial charge in [0.05, 0.1) is 17.3 Å². The molecular formula is C8H11NO5S2. The van der Waals surface area contributed by atoms with E-state index >= 15 is 0 Å². The van der Waals surface area contributed by atoms with Crippen LogP contribution in [-0.2, 0) is 25.4 Å². The standard InChI is InChI=1S/C8H11NO5S2/c9-7-2-1-3-8(6-7)16(12,13)14-4-5-15(10)11/h1-3,6H,4-5,9H2,(H,10,11). The average Bonchev–Trinajstić information content (AvgIpc) is 2.16. The molecule has 1 unspecified atom stereocenters. The Hall–Kier alpha value is -0.960. The van der Waals surface area contributed by atoms with Gasteiger partial charge in [0.15, 0.2) is 11.1 Å². The van der Waals surface area contributed by atoms with Gasteiger partial charge in [0.2, 0.25) is 0 Å². The lowest BCUT2D eigenvalue weighted by molar-refractivity contribution is 0.338. The predicted molar refractivity (Wildman–Crippen MR) is 59.6 cm³/mol. The van der Waals surface area contributed by atoms with Crippen molar-refractivity contribution in [1.29, 1.82) is 0 Å². The van der Waals surface area contributed by atoms with Crippen molar-refractivity contribution in [3.63, 3.8) is 0 Å². The first-order valence-electron chi connectivity index (χ1n) is 4.24. The zero-order valence-electron chi connectivity index (χ0n) is 8.20. The van der Waals surface area contributed by atoms with Gasteiger partial charge in [-0.05, 0) is 18.2 Å². The number of nitrogens with two attached hydrogens (primary N) is 1. The van der Waals surface area contributed by atoms with Gasteiger partial charge in [-0.3, -0.25) is 4.18 Å². The highest BCUT2D eigenvalue weighted by molar-refractivity contribution is 7.86. The van der Waals surface area contributed by atoms with Crippen LogP contribution in [0.1, 0.15) is 0 Å². The van der Waals surface area contributed by atoms with Crippen molar-refractivity contribution in [2.45, 2.75) is 4.90 Å². The second-order valence-electron chi connectivity index (χ2n) is 2.87. The molecule has 3 N–H and O–H groups in total. The smallest absolute Gasteiger partial charge is 0.297 e. The van der Waals surface area contributed by atoms with E-state index in [2.05, 4.69) is 4.18 Å². The third kappa shape index (κ3) is 3.89. The Morgan fingerprint density at radius 2 is 2.12 bits per heavy atom. The van der Waals surface area contributed by atoms with Crippen LogP contribution in [-0.4, -0.2) is 29.5 Å². The van der Waals surface area contributed by atoms with Gasteiger partial charge < -0.3 is 10.3 Å². The van der Waals surface area contributed by atoms with Crippen molar-refractivity contribution < 1.29 is 21.4 Å². The highest BCUT2D eigenvalue weighted by atomic mass is 32.2. The van der Waals surface area contributed by atoms with E-state index in [1.807, 2.05) is 0 Å². The molecule has 0 saturated heterocycles. The van der Waals surface area contributed by atoms with Crippen LogP contribution in [0.3, 0.4) is 0 Å². The molecule has 0 aliphatic rings. The summed E-state index contributed by atoms with van der Waals surface area (Å²) in [6.07, 6.45) is 0. The second-order valence-corrected chi connectivity index (χ2v) is 5.54. The van der Waals surface area contributed by atoms with E-state index in [1.54, 1.807) is 6.07 Å². The lowest BCUT2D eigenvalue weighted by Gasteiger charge is -2.04. The summed E-state index contributed by atoms with van der Waals surface area (Å²) in [6.45, 7) is -0.347. The predicted octanol–water partition coefficient (Wildman–Crippen LogP) is 0.196. The Kier molecular flexibility index (Phi) is 4.42. The summed E-state index contributed by atoms with van der Waals surface area (Å²) in [5, 5.41) is 0. The topological polar surface area (TPSA) is 107 Å². The van der Waals surface area contributed by atoms with E-state index in [4.69, 9.17) is 10.3 Å². The molecule has 0 aromatic heterocycles. The maximum Gasteiger partial charge on any atom is 0.297 e. The van der Waals surface area contributed by atoms with E-state index in [1.165, 1.54) is 18.2 Å². The summed E-state index contributed by atoms with van der Waals surface area (Å²) >= 11 is -2.08. The van der Waals surface area contributed by atoms with E-state index in [9.17, 15) is 12.6 Å². The van der Waals surface area contributed by atoms with Crippen LogP contribution in [0.5, 0.6) is 0 Å². The van der Waals surface area contributed by atoms with Crippen LogP contribution in [0.25, 0.3) is 0 Å². The van der Waals surface area contributed by atoms with Gasteiger partial charge in [-0.1, -0.05) is 6.07 Å². The van der Waals surface area contributed by atoms with Crippen LogP contribution >= 0.6 is 0 Å². The lowest BCUT2D eigenvalue weighted by Crippen LogP contribution is -2.12. The fourth-order valence-electron chi connectivity index (χ4n) is 0.953. The zero-order valence-corrected chi connectivity index (χ0v) is 9.83. The first-order chi connectivity index (χ1) is 7.42. The fourth-order valence-corrected chi connectivity index (χ4v) is 2.25. The first kappa shape index (κ1) is 13.1. The molecule has 0 amide bonds. The third-order valence-electron chi connectivity index (χ3n) is 1.64. The Balaban J connectivity index is 2.74. The van der Waals surface area contributed by atoms with Gasteiger partial charge >= 0.3 is 0 Å². The van der Waals surface area contributed by atoms with Crippen LogP contribution in [0, 0.1) is 0 Å². The average molecular weight is 265 g/mol. The summed E-state index contributed by atoms with van der Waals surface area (Å²) in [5.74, 6) is -0.262. The minimum atomic E-state index is -3.90. The molecule has 0 fully saturated rings. The van der Waals surface area contributed by atoms with Gasteiger partial charge in [0.25, 0.3) is 10.1 Å². The Bertz CT molecular complexity index is 485. The number of nitrogen functional groups attached to an aromatic ring is 1. The minimum absolute atomic E-state index is 0.0729. The van der Waals surface area contributed by atoms with Gasteiger partial charge in [0.1, 0.15) is 0 Å². The fraction of sp³-hybridized carbons (Fsp3) is 0.250. The molecule has 1 atom stereocenters. The number of hydrogen-bond donors (Lipinski definition) is 2. The van der Waals surface area contributed by atoms with Crippen molar-refractivity contribution in [2.75, 3.05) is 18.1 Å². The van der Waals surface area contributed by atoms with E-state index in [0.29, 0.717) is 5.69 Å². The molecule has 0 radical (unpaired) electrons. The number of hydrogen-bond acceptors (Lipinski definition) is 5. The van der Waals surface area contributed by atoms with Crippen molar-refractivity contribution >= 4 is 26.9 Å². The summed E-state index contributed by atoms with van der Waals surface area (Å²) in [4.78, 5) is -0.0729. The molecule has 0 aliphatic carbocycles. The van der Waals surface area contributed by atoms with Gasteiger partial charge in [-0.2, -0.15) is 8.42 Å². The number of anilines is 1.